The molecular formula is C14H24N2O. The van der Waals surface area contributed by atoms with Crippen molar-refractivity contribution in [2.24, 2.45) is 0 Å². The lowest BCUT2D eigenvalue weighted by Crippen LogP contribution is -2.36. The Morgan fingerprint density at radius 3 is 2.76 bits per heavy atom. The minimum atomic E-state index is 0.278. The number of hydrogen-bond acceptors (Lipinski definition) is 2. The summed E-state index contributed by atoms with van der Waals surface area (Å²) in [6.45, 7) is 3.40. The summed E-state index contributed by atoms with van der Waals surface area (Å²) in [4.78, 5) is 13.7. The molecule has 17 heavy (non-hydrogen) atoms. The lowest BCUT2D eigenvalue weighted by molar-refractivity contribution is -0.129. The molecule has 3 nitrogen and oxygen atoms in total. The van der Waals surface area contributed by atoms with Crippen LogP contribution in [0.5, 0.6) is 0 Å². The zero-order valence-electron chi connectivity index (χ0n) is 10.7. The molecule has 2 rings (SSSR count). The van der Waals surface area contributed by atoms with E-state index in [-0.39, 0.29) is 5.91 Å². The molecule has 1 aliphatic carbocycles. The standard InChI is InChI=1S/C14H24N2O/c17-14(16-10-4-5-11-16)12-15-9-8-13-6-2-1-3-7-13/h6,15H,1-5,7-12H2. The second-order valence-corrected chi connectivity index (χ2v) is 5.12. The number of hydrogen-bond donors (Lipinski definition) is 1. The van der Waals surface area contributed by atoms with Gasteiger partial charge in [0, 0.05) is 13.1 Å². The Morgan fingerprint density at radius 1 is 1.24 bits per heavy atom. The van der Waals surface area contributed by atoms with Gasteiger partial charge in [-0.25, -0.2) is 0 Å². The van der Waals surface area contributed by atoms with Gasteiger partial charge in [-0.15, -0.1) is 0 Å². The molecule has 1 fully saturated rings. The first-order valence-electron chi connectivity index (χ1n) is 7.02. The summed E-state index contributed by atoms with van der Waals surface area (Å²) < 4.78 is 0. The predicted octanol–water partition coefficient (Wildman–Crippen LogP) is 2.09. The van der Waals surface area contributed by atoms with Crippen LogP contribution in [-0.2, 0) is 4.79 Å². The summed E-state index contributed by atoms with van der Waals surface area (Å²) >= 11 is 0. The van der Waals surface area contributed by atoms with E-state index in [9.17, 15) is 4.79 Å². The molecule has 1 saturated heterocycles. The Labute approximate surface area is 104 Å². The fourth-order valence-electron chi connectivity index (χ4n) is 2.65. The molecule has 1 N–H and O–H groups in total. The summed E-state index contributed by atoms with van der Waals surface area (Å²) in [6.07, 6.45) is 11.1. The van der Waals surface area contributed by atoms with Gasteiger partial charge in [-0.3, -0.25) is 4.79 Å². The van der Waals surface area contributed by atoms with E-state index in [0.717, 1.165) is 26.1 Å². The minimum Gasteiger partial charge on any atom is -0.342 e. The van der Waals surface area contributed by atoms with Crippen LogP contribution in [-0.4, -0.2) is 37.0 Å². The van der Waals surface area contributed by atoms with Crippen molar-refractivity contribution in [3.8, 4) is 0 Å². The largest absolute Gasteiger partial charge is 0.342 e. The molecule has 2 aliphatic rings. The third-order valence-electron chi connectivity index (χ3n) is 3.74. The van der Waals surface area contributed by atoms with E-state index in [4.69, 9.17) is 0 Å². The van der Waals surface area contributed by atoms with Crippen molar-refractivity contribution in [1.29, 1.82) is 0 Å². The van der Waals surface area contributed by atoms with Gasteiger partial charge in [0.2, 0.25) is 5.91 Å². The van der Waals surface area contributed by atoms with Crippen molar-refractivity contribution in [2.75, 3.05) is 26.2 Å². The second kappa shape index (κ2) is 6.80. The maximum Gasteiger partial charge on any atom is 0.236 e. The van der Waals surface area contributed by atoms with Gasteiger partial charge in [0.25, 0.3) is 0 Å². The summed E-state index contributed by atoms with van der Waals surface area (Å²) in [5.74, 6) is 0.278. The van der Waals surface area contributed by atoms with Gasteiger partial charge in [-0.05, 0) is 51.5 Å². The molecular weight excluding hydrogens is 212 g/mol. The van der Waals surface area contributed by atoms with Crippen LogP contribution in [0.15, 0.2) is 11.6 Å². The average molecular weight is 236 g/mol. The second-order valence-electron chi connectivity index (χ2n) is 5.12. The number of carbonyl (C=O) groups excluding carboxylic acids is 1. The molecule has 96 valence electrons. The Morgan fingerprint density at radius 2 is 2.06 bits per heavy atom. The van der Waals surface area contributed by atoms with Gasteiger partial charge in [0.1, 0.15) is 0 Å². The highest BCUT2D eigenvalue weighted by molar-refractivity contribution is 5.78. The molecule has 0 aromatic heterocycles. The lowest BCUT2D eigenvalue weighted by atomic mass is 9.97. The maximum absolute atomic E-state index is 11.7. The fraction of sp³-hybridized carbons (Fsp3) is 0.786. The van der Waals surface area contributed by atoms with Gasteiger partial charge < -0.3 is 10.2 Å². The van der Waals surface area contributed by atoms with Crippen LogP contribution >= 0.6 is 0 Å². The van der Waals surface area contributed by atoms with E-state index in [1.807, 2.05) is 4.90 Å². The van der Waals surface area contributed by atoms with Gasteiger partial charge in [-0.2, -0.15) is 0 Å². The van der Waals surface area contributed by atoms with Crippen LogP contribution in [0, 0.1) is 0 Å². The average Bonchev–Trinajstić information content (AvgIpc) is 2.89. The molecule has 0 saturated carbocycles. The number of nitrogens with one attached hydrogen (secondary N) is 1. The summed E-state index contributed by atoms with van der Waals surface area (Å²) in [5, 5.41) is 3.28. The van der Waals surface area contributed by atoms with Crippen molar-refractivity contribution in [3.63, 3.8) is 0 Å². The lowest BCUT2D eigenvalue weighted by Gasteiger charge is -2.16. The Hall–Kier alpha value is -0.830. The Balaban J connectivity index is 1.56. The number of carbonyl (C=O) groups is 1. The predicted molar refractivity (Wildman–Crippen MR) is 69.9 cm³/mol. The molecule has 0 aromatic rings. The van der Waals surface area contributed by atoms with E-state index in [1.54, 1.807) is 5.57 Å². The van der Waals surface area contributed by atoms with Crippen molar-refractivity contribution >= 4 is 5.91 Å². The van der Waals surface area contributed by atoms with Crippen molar-refractivity contribution in [2.45, 2.75) is 44.9 Å². The number of allylic oxidation sites excluding steroid dienone is 1. The zero-order valence-corrected chi connectivity index (χ0v) is 10.7. The normalized spacial score (nSPS) is 20.5. The zero-order chi connectivity index (χ0) is 11.9. The fourth-order valence-corrected chi connectivity index (χ4v) is 2.65. The van der Waals surface area contributed by atoms with Crippen molar-refractivity contribution < 1.29 is 4.79 Å². The number of likely N-dealkylation sites (tertiary alicyclic amines) is 1. The molecule has 1 amide bonds. The Kier molecular flexibility index (Phi) is 5.05. The van der Waals surface area contributed by atoms with Crippen LogP contribution in [0.25, 0.3) is 0 Å². The maximum atomic E-state index is 11.7. The first-order valence-corrected chi connectivity index (χ1v) is 7.02. The summed E-state index contributed by atoms with van der Waals surface area (Å²) in [5.41, 5.74) is 1.58. The number of rotatable bonds is 5. The number of nitrogens with zero attached hydrogens (tertiary/aromatic N) is 1. The summed E-state index contributed by atoms with van der Waals surface area (Å²) in [6, 6.07) is 0. The van der Waals surface area contributed by atoms with E-state index >= 15 is 0 Å². The SMILES string of the molecule is O=C(CNCCC1=CCCCC1)N1CCCC1. The highest BCUT2D eigenvalue weighted by Gasteiger charge is 2.16. The van der Waals surface area contributed by atoms with Gasteiger partial charge >= 0.3 is 0 Å². The Bertz CT molecular complexity index is 280. The third kappa shape index (κ3) is 4.15. The molecule has 0 radical (unpaired) electrons. The van der Waals surface area contributed by atoms with E-state index in [2.05, 4.69) is 11.4 Å². The molecule has 1 aliphatic heterocycles. The van der Waals surface area contributed by atoms with E-state index in [1.165, 1.54) is 38.5 Å². The van der Waals surface area contributed by atoms with Crippen molar-refractivity contribution in [1.82, 2.24) is 10.2 Å². The summed E-state index contributed by atoms with van der Waals surface area (Å²) in [7, 11) is 0. The van der Waals surface area contributed by atoms with E-state index < -0.39 is 0 Å². The molecule has 0 atom stereocenters. The monoisotopic (exact) mass is 236 g/mol. The minimum absolute atomic E-state index is 0.278. The van der Waals surface area contributed by atoms with E-state index in [0.29, 0.717) is 6.54 Å². The third-order valence-corrected chi connectivity index (χ3v) is 3.74. The molecule has 3 heteroatoms. The van der Waals surface area contributed by atoms with Crippen LogP contribution in [0.4, 0.5) is 0 Å². The van der Waals surface area contributed by atoms with Crippen LogP contribution < -0.4 is 5.32 Å². The van der Waals surface area contributed by atoms with Crippen molar-refractivity contribution in [3.05, 3.63) is 11.6 Å². The van der Waals surface area contributed by atoms with Gasteiger partial charge in [0.15, 0.2) is 0 Å². The molecule has 0 aromatic carbocycles. The molecule has 0 bridgehead atoms. The molecule has 1 heterocycles. The first-order chi connectivity index (χ1) is 8.36. The van der Waals surface area contributed by atoms with Gasteiger partial charge in [-0.1, -0.05) is 11.6 Å². The van der Waals surface area contributed by atoms with Gasteiger partial charge in [0.05, 0.1) is 6.54 Å². The topological polar surface area (TPSA) is 32.3 Å². The quantitative estimate of drug-likeness (QED) is 0.585. The highest BCUT2D eigenvalue weighted by Crippen LogP contribution is 2.19. The van der Waals surface area contributed by atoms with Crippen LogP contribution in [0.2, 0.25) is 0 Å². The van der Waals surface area contributed by atoms with Crippen LogP contribution in [0.3, 0.4) is 0 Å². The molecule has 0 spiro atoms. The molecule has 0 unspecified atom stereocenters. The number of amides is 1. The highest BCUT2D eigenvalue weighted by atomic mass is 16.2. The smallest absolute Gasteiger partial charge is 0.236 e. The van der Waals surface area contributed by atoms with Crippen LogP contribution in [0.1, 0.15) is 44.9 Å². The first kappa shape index (κ1) is 12.6.